The maximum atomic E-state index is 13.7. The van der Waals surface area contributed by atoms with Crippen molar-refractivity contribution in [2.75, 3.05) is 31.2 Å². The summed E-state index contributed by atoms with van der Waals surface area (Å²) in [7, 11) is 0. The van der Waals surface area contributed by atoms with Crippen molar-refractivity contribution < 1.29 is 28.2 Å². The number of anilines is 1. The summed E-state index contributed by atoms with van der Waals surface area (Å²) in [6.45, 7) is 2.49. The van der Waals surface area contributed by atoms with Crippen molar-refractivity contribution in [1.82, 2.24) is 5.32 Å². The molecule has 0 atom stereocenters. The number of halogens is 1. The Labute approximate surface area is 180 Å². The molecule has 2 aromatic carbocycles. The Morgan fingerprint density at radius 1 is 1.23 bits per heavy atom. The summed E-state index contributed by atoms with van der Waals surface area (Å²) in [5.74, 6) is -0.723. The Bertz CT molecular complexity index is 963. The maximum absolute atomic E-state index is 13.7. The van der Waals surface area contributed by atoms with Gasteiger partial charge in [0.2, 0.25) is 5.91 Å². The fraction of sp³-hybridized carbons (Fsp3) is 0.348. The van der Waals surface area contributed by atoms with Gasteiger partial charge >= 0.3 is 0 Å². The molecule has 31 heavy (non-hydrogen) atoms. The van der Waals surface area contributed by atoms with Crippen LogP contribution in [0, 0.1) is 5.82 Å². The molecule has 1 aliphatic rings. The number of nitrogens with one attached hydrogen (secondary N) is 1. The Hall–Kier alpha value is -3.42. The average Bonchev–Trinajstić information content (AvgIpc) is 2.78. The first-order valence-electron chi connectivity index (χ1n) is 10.2. The summed E-state index contributed by atoms with van der Waals surface area (Å²) in [6.07, 6.45) is 1.64. The molecule has 1 N–H and O–H groups in total. The van der Waals surface area contributed by atoms with Crippen molar-refractivity contribution in [2.45, 2.75) is 26.2 Å². The van der Waals surface area contributed by atoms with Gasteiger partial charge in [0.05, 0.1) is 5.69 Å². The number of fused-ring (bicyclic) bond motifs is 1. The molecule has 0 spiro atoms. The van der Waals surface area contributed by atoms with E-state index in [1.807, 2.05) is 6.92 Å². The minimum absolute atomic E-state index is 0.00435. The van der Waals surface area contributed by atoms with Gasteiger partial charge in [-0.3, -0.25) is 14.4 Å². The van der Waals surface area contributed by atoms with Gasteiger partial charge in [-0.1, -0.05) is 19.1 Å². The van der Waals surface area contributed by atoms with E-state index >= 15 is 0 Å². The van der Waals surface area contributed by atoms with Crippen LogP contribution in [0.1, 0.15) is 36.5 Å². The number of carbonyl (C=O) groups is 3. The molecule has 2 amide bonds. The molecule has 2 aromatic rings. The van der Waals surface area contributed by atoms with E-state index in [0.29, 0.717) is 42.9 Å². The van der Waals surface area contributed by atoms with E-state index < -0.39 is 5.82 Å². The number of para-hydroxylation sites is 1. The largest absolute Gasteiger partial charge is 0.482 e. The monoisotopic (exact) mass is 428 g/mol. The van der Waals surface area contributed by atoms with Crippen LogP contribution >= 0.6 is 0 Å². The molecule has 1 aliphatic heterocycles. The number of ketones is 1. The first-order chi connectivity index (χ1) is 15.0. The third kappa shape index (κ3) is 5.81. The van der Waals surface area contributed by atoms with Gasteiger partial charge in [0.15, 0.2) is 30.6 Å². The minimum atomic E-state index is -0.547. The van der Waals surface area contributed by atoms with Crippen LogP contribution in [0.5, 0.6) is 11.5 Å². The predicted molar refractivity (Wildman–Crippen MR) is 113 cm³/mol. The lowest BCUT2D eigenvalue weighted by Crippen LogP contribution is -2.40. The number of amides is 2. The van der Waals surface area contributed by atoms with Crippen LogP contribution in [0.4, 0.5) is 10.1 Å². The van der Waals surface area contributed by atoms with Crippen LogP contribution in [0.15, 0.2) is 42.5 Å². The molecule has 0 saturated heterocycles. The third-order valence-electron chi connectivity index (χ3n) is 4.78. The Morgan fingerprint density at radius 3 is 2.81 bits per heavy atom. The molecule has 7 nitrogen and oxygen atoms in total. The maximum Gasteiger partial charge on any atom is 0.265 e. The number of nitrogens with zero attached hydrogens (tertiary/aromatic N) is 1. The van der Waals surface area contributed by atoms with Crippen molar-refractivity contribution >= 4 is 23.3 Å². The summed E-state index contributed by atoms with van der Waals surface area (Å²) < 4.78 is 24.4. The van der Waals surface area contributed by atoms with Gasteiger partial charge in [0, 0.05) is 25.1 Å². The number of Topliss-reactive ketones (excluding diaryl/α,β-unsaturated/α-hetero) is 1. The molecular weight excluding hydrogens is 403 g/mol. The number of hydrogen-bond donors (Lipinski definition) is 1. The van der Waals surface area contributed by atoms with E-state index in [0.717, 1.165) is 6.42 Å². The van der Waals surface area contributed by atoms with Crippen LogP contribution in [0.2, 0.25) is 0 Å². The Kier molecular flexibility index (Phi) is 7.59. The van der Waals surface area contributed by atoms with Crippen molar-refractivity contribution in [3.63, 3.8) is 0 Å². The van der Waals surface area contributed by atoms with Crippen molar-refractivity contribution in [3.05, 3.63) is 53.8 Å². The van der Waals surface area contributed by atoms with E-state index in [9.17, 15) is 18.8 Å². The number of hydrogen-bond acceptors (Lipinski definition) is 5. The second-order valence-electron chi connectivity index (χ2n) is 7.11. The summed E-state index contributed by atoms with van der Waals surface area (Å²) in [6, 6.07) is 10.6. The van der Waals surface area contributed by atoms with Gasteiger partial charge in [0.25, 0.3) is 5.91 Å². The van der Waals surface area contributed by atoms with Crippen LogP contribution in [0.25, 0.3) is 0 Å². The Morgan fingerprint density at radius 2 is 2.03 bits per heavy atom. The zero-order valence-electron chi connectivity index (χ0n) is 17.4. The highest BCUT2D eigenvalue weighted by Gasteiger charge is 2.26. The normalized spacial score (nSPS) is 12.7. The number of carbonyl (C=O) groups excluding carboxylic acids is 3. The first-order valence-corrected chi connectivity index (χ1v) is 10.2. The quantitative estimate of drug-likeness (QED) is 0.588. The van der Waals surface area contributed by atoms with Crippen molar-refractivity contribution in [2.24, 2.45) is 0 Å². The molecule has 1 heterocycles. The molecular formula is C23H25FN2O5. The molecule has 0 bridgehead atoms. The second-order valence-corrected chi connectivity index (χ2v) is 7.11. The summed E-state index contributed by atoms with van der Waals surface area (Å²) in [4.78, 5) is 38.3. The standard InChI is InChI=1S/C23H25FN2O5/c1-2-11-25-22(28)8-5-12-26-18-13-16(9-10-21(18)31-15-23(26)29)19(27)14-30-20-7-4-3-6-17(20)24/h3-4,6-7,9-10,13H,2,5,8,11-12,14-15H2,1H3,(H,25,28). The second kappa shape index (κ2) is 10.6. The molecule has 164 valence electrons. The minimum Gasteiger partial charge on any atom is -0.482 e. The van der Waals surface area contributed by atoms with E-state index in [1.54, 1.807) is 24.3 Å². The summed E-state index contributed by atoms with van der Waals surface area (Å²) >= 11 is 0. The lowest BCUT2D eigenvalue weighted by atomic mass is 10.1. The SMILES string of the molecule is CCCNC(=O)CCCN1C(=O)COc2ccc(C(=O)COc3ccccc3F)cc21. The zero-order valence-corrected chi connectivity index (χ0v) is 17.4. The van der Waals surface area contributed by atoms with E-state index in [-0.39, 0.29) is 36.6 Å². The van der Waals surface area contributed by atoms with Crippen LogP contribution in [-0.2, 0) is 9.59 Å². The highest BCUT2D eigenvalue weighted by molar-refractivity contribution is 6.02. The van der Waals surface area contributed by atoms with Crippen molar-refractivity contribution in [1.29, 1.82) is 0 Å². The van der Waals surface area contributed by atoms with Crippen molar-refractivity contribution in [3.8, 4) is 11.5 Å². The van der Waals surface area contributed by atoms with Gasteiger partial charge in [-0.15, -0.1) is 0 Å². The number of rotatable bonds is 10. The molecule has 3 rings (SSSR count). The molecule has 0 unspecified atom stereocenters. The van der Waals surface area contributed by atoms with Crippen LogP contribution in [-0.4, -0.2) is 43.9 Å². The van der Waals surface area contributed by atoms with Crippen LogP contribution in [0.3, 0.4) is 0 Å². The number of ether oxygens (including phenoxy) is 2. The molecule has 0 aliphatic carbocycles. The van der Waals surface area contributed by atoms with Gasteiger partial charge in [-0.05, 0) is 43.2 Å². The highest BCUT2D eigenvalue weighted by atomic mass is 19.1. The fourth-order valence-electron chi connectivity index (χ4n) is 3.16. The molecule has 0 saturated carbocycles. The zero-order chi connectivity index (χ0) is 22.2. The van der Waals surface area contributed by atoms with Crippen LogP contribution < -0.4 is 19.7 Å². The van der Waals surface area contributed by atoms with E-state index in [2.05, 4.69) is 5.32 Å². The van der Waals surface area contributed by atoms with Gasteiger partial charge in [-0.2, -0.15) is 0 Å². The lowest BCUT2D eigenvalue weighted by molar-refractivity contribution is -0.122. The predicted octanol–water partition coefficient (Wildman–Crippen LogP) is 3.12. The first kappa shape index (κ1) is 22.3. The molecule has 0 fully saturated rings. The lowest BCUT2D eigenvalue weighted by Gasteiger charge is -2.29. The fourth-order valence-corrected chi connectivity index (χ4v) is 3.16. The topological polar surface area (TPSA) is 84.9 Å². The van der Waals surface area contributed by atoms with Gasteiger partial charge in [-0.25, -0.2) is 4.39 Å². The smallest absolute Gasteiger partial charge is 0.265 e. The molecule has 0 radical (unpaired) electrons. The number of benzene rings is 2. The highest BCUT2D eigenvalue weighted by Crippen LogP contribution is 2.33. The molecule has 8 heteroatoms. The van der Waals surface area contributed by atoms with E-state index in [1.165, 1.54) is 23.1 Å². The van der Waals surface area contributed by atoms with Gasteiger partial charge in [0.1, 0.15) is 5.75 Å². The summed E-state index contributed by atoms with van der Waals surface area (Å²) in [5.41, 5.74) is 0.793. The average molecular weight is 428 g/mol. The third-order valence-corrected chi connectivity index (χ3v) is 4.78. The van der Waals surface area contributed by atoms with E-state index in [4.69, 9.17) is 9.47 Å². The summed E-state index contributed by atoms with van der Waals surface area (Å²) in [5, 5.41) is 2.80. The van der Waals surface area contributed by atoms with Gasteiger partial charge < -0.3 is 19.7 Å². The Balaban J connectivity index is 1.66. The molecule has 0 aromatic heterocycles.